The van der Waals surface area contributed by atoms with Crippen molar-refractivity contribution in [1.29, 1.82) is 0 Å². The highest BCUT2D eigenvalue weighted by Crippen LogP contribution is 2.41. The van der Waals surface area contributed by atoms with Gasteiger partial charge in [0.15, 0.2) is 17.3 Å². The molecule has 0 saturated carbocycles. The van der Waals surface area contributed by atoms with Crippen molar-refractivity contribution in [2.45, 2.75) is 40.0 Å². The maximum atomic E-state index is 12.7. The Balaban J connectivity index is 2.12. The van der Waals surface area contributed by atoms with Crippen LogP contribution in [0.25, 0.3) is 22.3 Å². The van der Waals surface area contributed by atoms with Crippen LogP contribution in [-0.2, 0) is 6.42 Å². The van der Waals surface area contributed by atoms with Crippen LogP contribution in [0.2, 0.25) is 0 Å². The standard InChI is InChI=1S/C25H26O7/c1-13(2)5-4-6-14(3)7-8-16-17(9-10-18(27)22(16)29)25-24(31)23(30)21-19(28)11-15(26)12-20(21)32-25/h5,7,9-12,26-29,31H,4,6,8H2,1-3H3. The van der Waals surface area contributed by atoms with E-state index in [2.05, 4.69) is 6.08 Å². The Bertz CT molecular complexity index is 1290. The van der Waals surface area contributed by atoms with Crippen molar-refractivity contribution in [3.05, 3.63) is 63.4 Å². The maximum Gasteiger partial charge on any atom is 0.238 e. The number of phenols is 4. The number of fused-ring (bicyclic) bond motifs is 1. The first-order valence-electron chi connectivity index (χ1n) is 10.1. The zero-order valence-corrected chi connectivity index (χ0v) is 18.1. The summed E-state index contributed by atoms with van der Waals surface area (Å²) in [5.41, 5.74) is 1.74. The minimum atomic E-state index is -0.884. The molecule has 7 heteroatoms. The van der Waals surface area contributed by atoms with Gasteiger partial charge in [-0.3, -0.25) is 4.79 Å². The van der Waals surface area contributed by atoms with Crippen molar-refractivity contribution in [2.75, 3.05) is 0 Å². The van der Waals surface area contributed by atoms with Gasteiger partial charge >= 0.3 is 0 Å². The Morgan fingerprint density at radius 2 is 1.66 bits per heavy atom. The molecular weight excluding hydrogens is 412 g/mol. The van der Waals surface area contributed by atoms with Gasteiger partial charge in [-0.2, -0.15) is 0 Å². The predicted molar refractivity (Wildman–Crippen MR) is 122 cm³/mol. The topological polar surface area (TPSA) is 131 Å². The van der Waals surface area contributed by atoms with Crippen molar-refractivity contribution in [2.24, 2.45) is 0 Å². The van der Waals surface area contributed by atoms with E-state index in [1.807, 2.05) is 26.8 Å². The molecule has 0 saturated heterocycles. The number of allylic oxidation sites excluding steroid dienone is 4. The van der Waals surface area contributed by atoms with Gasteiger partial charge in [0.05, 0.1) is 0 Å². The fourth-order valence-corrected chi connectivity index (χ4v) is 3.47. The Labute approximate surface area is 184 Å². The van der Waals surface area contributed by atoms with Crippen molar-refractivity contribution < 1.29 is 29.9 Å². The highest BCUT2D eigenvalue weighted by Gasteiger charge is 2.22. The lowest BCUT2D eigenvalue weighted by molar-refractivity contribution is 0.400. The molecule has 5 N–H and O–H groups in total. The number of hydrogen-bond donors (Lipinski definition) is 5. The third kappa shape index (κ3) is 4.56. The van der Waals surface area contributed by atoms with Gasteiger partial charge in [0.1, 0.15) is 22.5 Å². The molecule has 0 amide bonds. The molecule has 0 radical (unpaired) electrons. The van der Waals surface area contributed by atoms with E-state index in [1.165, 1.54) is 17.7 Å². The minimum absolute atomic E-state index is 0.132. The van der Waals surface area contributed by atoms with E-state index in [-0.39, 0.29) is 45.8 Å². The summed E-state index contributed by atoms with van der Waals surface area (Å²) < 4.78 is 5.66. The van der Waals surface area contributed by atoms with Crippen LogP contribution in [0.5, 0.6) is 28.7 Å². The summed E-state index contributed by atoms with van der Waals surface area (Å²) in [5, 5.41) is 50.5. The minimum Gasteiger partial charge on any atom is -0.508 e. The SMILES string of the molecule is CC(C)=CCCC(C)=CCc1c(-c2oc3cc(O)cc(O)c3c(=O)c2O)ccc(O)c1O. The van der Waals surface area contributed by atoms with E-state index in [4.69, 9.17) is 4.42 Å². The van der Waals surface area contributed by atoms with Gasteiger partial charge in [0.2, 0.25) is 11.2 Å². The molecule has 0 spiro atoms. The lowest BCUT2D eigenvalue weighted by Gasteiger charge is -2.13. The number of rotatable bonds is 6. The normalized spacial score (nSPS) is 11.7. The Morgan fingerprint density at radius 3 is 2.34 bits per heavy atom. The Morgan fingerprint density at radius 1 is 0.938 bits per heavy atom. The Kier molecular flexibility index (Phi) is 6.48. The summed E-state index contributed by atoms with van der Waals surface area (Å²) >= 11 is 0. The Hall–Kier alpha value is -3.87. The fourth-order valence-electron chi connectivity index (χ4n) is 3.47. The highest BCUT2D eigenvalue weighted by atomic mass is 16.4. The molecule has 1 heterocycles. The van der Waals surface area contributed by atoms with Crippen molar-refractivity contribution in [1.82, 2.24) is 0 Å². The van der Waals surface area contributed by atoms with Crippen molar-refractivity contribution in [3.8, 4) is 40.1 Å². The molecule has 3 aromatic rings. The van der Waals surface area contributed by atoms with Crippen LogP contribution >= 0.6 is 0 Å². The van der Waals surface area contributed by atoms with E-state index < -0.39 is 22.7 Å². The van der Waals surface area contributed by atoms with Crippen LogP contribution in [-0.4, -0.2) is 25.5 Å². The van der Waals surface area contributed by atoms with Gasteiger partial charge < -0.3 is 29.9 Å². The van der Waals surface area contributed by atoms with E-state index in [1.54, 1.807) is 0 Å². The zero-order chi connectivity index (χ0) is 23.6. The second-order valence-corrected chi connectivity index (χ2v) is 7.98. The number of aromatic hydroxyl groups is 5. The van der Waals surface area contributed by atoms with E-state index in [0.29, 0.717) is 0 Å². The van der Waals surface area contributed by atoms with E-state index in [0.717, 1.165) is 30.5 Å². The molecule has 0 aliphatic heterocycles. The third-order valence-electron chi connectivity index (χ3n) is 5.19. The summed E-state index contributed by atoms with van der Waals surface area (Å²) in [7, 11) is 0. The molecular formula is C25H26O7. The van der Waals surface area contributed by atoms with E-state index in [9.17, 15) is 30.3 Å². The molecule has 0 aliphatic rings. The van der Waals surface area contributed by atoms with Crippen LogP contribution in [0, 0.1) is 0 Å². The molecule has 1 aromatic heterocycles. The average molecular weight is 438 g/mol. The van der Waals surface area contributed by atoms with Crippen LogP contribution in [0.4, 0.5) is 0 Å². The molecule has 0 bridgehead atoms. The van der Waals surface area contributed by atoms with Crippen LogP contribution in [0.15, 0.2) is 56.8 Å². The zero-order valence-electron chi connectivity index (χ0n) is 18.1. The van der Waals surface area contributed by atoms with Crippen LogP contribution in [0.3, 0.4) is 0 Å². The molecule has 0 fully saturated rings. The smallest absolute Gasteiger partial charge is 0.238 e. The third-order valence-corrected chi connectivity index (χ3v) is 5.19. The molecule has 7 nitrogen and oxygen atoms in total. The number of hydrogen-bond acceptors (Lipinski definition) is 7. The van der Waals surface area contributed by atoms with Gasteiger partial charge in [0, 0.05) is 23.3 Å². The average Bonchev–Trinajstić information content (AvgIpc) is 2.71. The maximum absolute atomic E-state index is 12.7. The van der Waals surface area contributed by atoms with Crippen LogP contribution < -0.4 is 5.43 Å². The monoisotopic (exact) mass is 438 g/mol. The summed E-state index contributed by atoms with van der Waals surface area (Å²) in [6.45, 7) is 6.01. The van der Waals surface area contributed by atoms with Crippen molar-refractivity contribution >= 4 is 11.0 Å². The van der Waals surface area contributed by atoms with Gasteiger partial charge in [-0.25, -0.2) is 0 Å². The molecule has 0 unspecified atom stereocenters. The summed E-state index contributed by atoms with van der Waals surface area (Å²) in [5.74, 6) is -2.59. The largest absolute Gasteiger partial charge is 0.508 e. The predicted octanol–water partition coefficient (Wildman–Crippen LogP) is 5.22. The fraction of sp³-hybridized carbons (Fsp3) is 0.240. The first-order chi connectivity index (χ1) is 15.1. The molecule has 0 aliphatic carbocycles. The molecule has 3 rings (SSSR count). The van der Waals surface area contributed by atoms with Crippen LogP contribution in [0.1, 0.15) is 39.2 Å². The highest BCUT2D eigenvalue weighted by molar-refractivity contribution is 5.88. The second kappa shape index (κ2) is 9.09. The lowest BCUT2D eigenvalue weighted by Crippen LogP contribution is -2.04. The second-order valence-electron chi connectivity index (χ2n) is 7.98. The summed E-state index contributed by atoms with van der Waals surface area (Å²) in [6.07, 6.45) is 5.92. The summed E-state index contributed by atoms with van der Waals surface area (Å²) in [4.78, 5) is 12.7. The molecule has 32 heavy (non-hydrogen) atoms. The first-order valence-corrected chi connectivity index (χ1v) is 10.1. The van der Waals surface area contributed by atoms with Gasteiger partial charge in [-0.1, -0.05) is 23.3 Å². The van der Waals surface area contributed by atoms with Gasteiger partial charge in [0.25, 0.3) is 0 Å². The van der Waals surface area contributed by atoms with Crippen molar-refractivity contribution in [3.63, 3.8) is 0 Å². The molecule has 2 aromatic carbocycles. The number of phenolic OH excluding ortho intramolecular Hbond substituents is 4. The molecule has 0 atom stereocenters. The number of benzene rings is 2. The molecule has 168 valence electrons. The summed E-state index contributed by atoms with van der Waals surface area (Å²) in [6, 6.07) is 4.76. The van der Waals surface area contributed by atoms with Gasteiger partial charge in [-0.05, 0) is 52.2 Å². The first kappa shape index (κ1) is 22.8. The van der Waals surface area contributed by atoms with Gasteiger partial charge in [-0.15, -0.1) is 0 Å². The lowest BCUT2D eigenvalue weighted by atomic mass is 9.97. The quantitative estimate of drug-likeness (QED) is 0.263. The van der Waals surface area contributed by atoms with E-state index >= 15 is 0 Å².